The van der Waals surface area contributed by atoms with E-state index in [1.807, 2.05) is 0 Å². The maximum absolute atomic E-state index is 13.0. The first kappa shape index (κ1) is 27.3. The number of nitrogens with one attached hydrogen (secondary N) is 3. The molecule has 188 valence electrons. The number of rotatable bonds is 12. The van der Waals surface area contributed by atoms with Crippen LogP contribution in [0.1, 0.15) is 18.1 Å². The minimum absolute atomic E-state index is 0.00771. The van der Waals surface area contributed by atoms with Gasteiger partial charge >= 0.3 is 5.97 Å². The molecule has 0 heterocycles. The average molecular weight is 487 g/mol. The zero-order valence-electron chi connectivity index (χ0n) is 19.2. The van der Waals surface area contributed by atoms with Crippen LogP contribution in [0.5, 0.6) is 5.75 Å². The number of aliphatic hydroxyl groups excluding tert-OH is 1. The zero-order valence-corrected chi connectivity index (χ0v) is 19.2. The Kier molecular flexibility index (Phi) is 10.2. The summed E-state index contributed by atoms with van der Waals surface area (Å²) in [5.41, 5.74) is 6.63. The van der Waals surface area contributed by atoms with Crippen molar-refractivity contribution in [3.8, 4) is 5.75 Å². The second-order valence-electron chi connectivity index (χ2n) is 8.01. The molecule has 4 unspecified atom stereocenters. The molecule has 0 aliphatic rings. The number of aromatic hydroxyl groups is 1. The Morgan fingerprint density at radius 3 is 1.94 bits per heavy atom. The van der Waals surface area contributed by atoms with Gasteiger partial charge in [0.25, 0.3) is 0 Å². The van der Waals surface area contributed by atoms with E-state index in [0.717, 1.165) is 5.56 Å². The predicted molar refractivity (Wildman–Crippen MR) is 126 cm³/mol. The smallest absolute Gasteiger partial charge is 0.326 e. The Morgan fingerprint density at radius 2 is 1.40 bits per heavy atom. The van der Waals surface area contributed by atoms with Crippen molar-refractivity contribution in [3.05, 3.63) is 65.7 Å². The number of carboxylic acid groups (broad SMARTS) is 1. The molecule has 11 heteroatoms. The summed E-state index contributed by atoms with van der Waals surface area (Å²) in [4.78, 5) is 49.4. The Balaban J connectivity index is 2.14. The van der Waals surface area contributed by atoms with Gasteiger partial charge in [-0.2, -0.15) is 0 Å². The number of hydrogen-bond donors (Lipinski definition) is 7. The minimum atomic E-state index is -1.49. The number of aliphatic carboxylic acids is 1. The fourth-order valence-electron chi connectivity index (χ4n) is 3.30. The number of carbonyl (C=O) groups excluding carboxylic acids is 3. The number of phenols is 1. The lowest BCUT2D eigenvalue weighted by atomic mass is 10.0. The van der Waals surface area contributed by atoms with Gasteiger partial charge in [-0.25, -0.2) is 4.79 Å². The first-order valence-corrected chi connectivity index (χ1v) is 10.9. The number of carboxylic acids is 1. The van der Waals surface area contributed by atoms with Crippen molar-refractivity contribution in [1.82, 2.24) is 16.0 Å². The van der Waals surface area contributed by atoms with Crippen LogP contribution in [0.2, 0.25) is 0 Å². The average Bonchev–Trinajstić information content (AvgIpc) is 2.82. The van der Waals surface area contributed by atoms with E-state index in [2.05, 4.69) is 16.0 Å². The van der Waals surface area contributed by atoms with Crippen LogP contribution in [-0.4, -0.2) is 69.8 Å². The molecule has 0 aliphatic heterocycles. The fourth-order valence-corrected chi connectivity index (χ4v) is 3.30. The summed E-state index contributed by atoms with van der Waals surface area (Å²) in [5, 5.41) is 36.3. The van der Waals surface area contributed by atoms with E-state index in [1.165, 1.54) is 31.2 Å². The van der Waals surface area contributed by atoms with Crippen LogP contribution in [0.15, 0.2) is 54.6 Å². The highest BCUT2D eigenvalue weighted by Gasteiger charge is 2.32. The molecule has 11 nitrogen and oxygen atoms in total. The van der Waals surface area contributed by atoms with Crippen molar-refractivity contribution >= 4 is 23.7 Å². The van der Waals surface area contributed by atoms with Gasteiger partial charge in [0.15, 0.2) is 0 Å². The number of hydrogen-bond acceptors (Lipinski definition) is 7. The first-order valence-electron chi connectivity index (χ1n) is 10.9. The standard InChI is InChI=1S/C24H30N4O7/c1-14(29)21(23(33)27-19(24(34)35)12-16-7-9-17(30)10-8-16)28-22(32)18(26-20(31)13-25)11-15-5-3-2-4-6-15/h2-10,14,18-19,21,29-30H,11-13,25H2,1H3,(H,26,31)(H,27,33)(H,28,32)(H,34,35). The van der Waals surface area contributed by atoms with E-state index < -0.39 is 47.9 Å². The molecule has 0 aromatic heterocycles. The molecular weight excluding hydrogens is 456 g/mol. The SMILES string of the molecule is CC(O)C(NC(=O)C(Cc1ccccc1)NC(=O)CN)C(=O)NC(Cc1ccc(O)cc1)C(=O)O. The highest BCUT2D eigenvalue weighted by Crippen LogP contribution is 2.12. The van der Waals surface area contributed by atoms with E-state index in [1.54, 1.807) is 30.3 Å². The molecule has 2 aromatic carbocycles. The van der Waals surface area contributed by atoms with E-state index in [-0.39, 0.29) is 25.1 Å². The maximum atomic E-state index is 13.0. The summed E-state index contributed by atoms with van der Waals surface area (Å²) < 4.78 is 0. The van der Waals surface area contributed by atoms with Gasteiger partial charge in [-0.15, -0.1) is 0 Å². The third-order valence-corrected chi connectivity index (χ3v) is 5.17. The third kappa shape index (κ3) is 8.72. The maximum Gasteiger partial charge on any atom is 0.326 e. The lowest BCUT2D eigenvalue weighted by molar-refractivity contribution is -0.143. The highest BCUT2D eigenvalue weighted by molar-refractivity contribution is 5.94. The molecule has 4 atom stereocenters. The van der Waals surface area contributed by atoms with Crippen LogP contribution in [0.25, 0.3) is 0 Å². The summed E-state index contributed by atoms with van der Waals surface area (Å²) >= 11 is 0. The van der Waals surface area contributed by atoms with Crippen molar-refractivity contribution in [2.45, 2.75) is 44.0 Å². The zero-order chi connectivity index (χ0) is 26.0. The summed E-state index contributed by atoms with van der Waals surface area (Å²) in [6, 6.07) is 10.7. The Hall–Kier alpha value is -3.96. The van der Waals surface area contributed by atoms with Crippen LogP contribution in [0, 0.1) is 0 Å². The lowest BCUT2D eigenvalue weighted by Crippen LogP contribution is -2.59. The molecule has 35 heavy (non-hydrogen) atoms. The largest absolute Gasteiger partial charge is 0.508 e. The van der Waals surface area contributed by atoms with Gasteiger partial charge in [-0.1, -0.05) is 42.5 Å². The molecule has 0 fully saturated rings. The Morgan fingerprint density at radius 1 is 0.829 bits per heavy atom. The molecule has 0 aliphatic carbocycles. The third-order valence-electron chi connectivity index (χ3n) is 5.17. The lowest BCUT2D eigenvalue weighted by Gasteiger charge is -2.26. The van der Waals surface area contributed by atoms with Gasteiger partial charge in [0, 0.05) is 12.8 Å². The quantitative estimate of drug-likeness (QED) is 0.200. The van der Waals surface area contributed by atoms with Gasteiger partial charge < -0.3 is 37.0 Å². The first-order chi connectivity index (χ1) is 16.6. The molecule has 0 radical (unpaired) electrons. The number of carbonyl (C=O) groups is 4. The second kappa shape index (κ2) is 13.1. The predicted octanol–water partition coefficient (Wildman–Crippen LogP) is -0.944. The number of nitrogens with two attached hydrogens (primary N) is 1. The summed E-state index contributed by atoms with van der Waals surface area (Å²) in [6.45, 7) is 0.918. The monoisotopic (exact) mass is 486 g/mol. The van der Waals surface area contributed by atoms with Crippen molar-refractivity contribution < 1.29 is 34.5 Å². The molecule has 2 rings (SSSR count). The Labute approximate surface area is 202 Å². The van der Waals surface area contributed by atoms with E-state index >= 15 is 0 Å². The second-order valence-corrected chi connectivity index (χ2v) is 8.01. The number of phenolic OH excluding ortho intramolecular Hbond substituents is 1. The van der Waals surface area contributed by atoms with Crippen LogP contribution in [-0.2, 0) is 32.0 Å². The van der Waals surface area contributed by atoms with Crippen LogP contribution < -0.4 is 21.7 Å². The van der Waals surface area contributed by atoms with Gasteiger partial charge in [0.2, 0.25) is 17.7 Å². The van der Waals surface area contributed by atoms with Gasteiger partial charge in [0.05, 0.1) is 12.6 Å². The molecule has 8 N–H and O–H groups in total. The molecular formula is C24H30N4O7. The van der Waals surface area contributed by atoms with Crippen LogP contribution >= 0.6 is 0 Å². The van der Waals surface area contributed by atoms with Gasteiger partial charge in [0.1, 0.15) is 23.9 Å². The number of aliphatic hydroxyl groups is 1. The van der Waals surface area contributed by atoms with Crippen molar-refractivity contribution in [1.29, 1.82) is 0 Å². The molecule has 0 saturated heterocycles. The topological polar surface area (TPSA) is 191 Å². The molecule has 0 bridgehead atoms. The van der Waals surface area contributed by atoms with Crippen LogP contribution in [0.3, 0.4) is 0 Å². The summed E-state index contributed by atoms with van der Waals surface area (Å²) in [7, 11) is 0. The van der Waals surface area contributed by atoms with Gasteiger partial charge in [-0.3, -0.25) is 14.4 Å². The highest BCUT2D eigenvalue weighted by atomic mass is 16.4. The summed E-state index contributed by atoms with van der Waals surface area (Å²) in [6.07, 6.45) is -1.36. The molecule has 3 amide bonds. The van der Waals surface area contributed by atoms with Gasteiger partial charge in [-0.05, 0) is 30.2 Å². The van der Waals surface area contributed by atoms with Crippen LogP contribution in [0.4, 0.5) is 0 Å². The van der Waals surface area contributed by atoms with Crippen molar-refractivity contribution in [3.63, 3.8) is 0 Å². The fraction of sp³-hybridized carbons (Fsp3) is 0.333. The normalized spacial score (nSPS) is 14.1. The number of benzene rings is 2. The van der Waals surface area contributed by atoms with E-state index in [4.69, 9.17) is 5.73 Å². The molecule has 0 saturated carbocycles. The number of amides is 3. The summed E-state index contributed by atoms with van der Waals surface area (Å²) in [5.74, 6) is -3.56. The van der Waals surface area contributed by atoms with Crippen molar-refractivity contribution in [2.24, 2.45) is 5.73 Å². The van der Waals surface area contributed by atoms with Crippen molar-refractivity contribution in [2.75, 3.05) is 6.54 Å². The minimum Gasteiger partial charge on any atom is -0.508 e. The van der Waals surface area contributed by atoms with E-state index in [9.17, 15) is 34.5 Å². The molecule has 2 aromatic rings. The molecule has 0 spiro atoms. The van der Waals surface area contributed by atoms with E-state index in [0.29, 0.717) is 5.56 Å². The Bertz CT molecular complexity index is 1010.